The van der Waals surface area contributed by atoms with Crippen molar-refractivity contribution in [3.8, 4) is 17.2 Å². The smallest absolute Gasteiger partial charge is 0.162 e. The number of nitrogens with zero attached hydrogens (tertiary/aromatic N) is 1. The Morgan fingerprint density at radius 1 is 0.875 bits per heavy atom. The van der Waals surface area contributed by atoms with Gasteiger partial charge in [0.15, 0.2) is 5.78 Å². The number of Topliss-reactive ketones (excluding diaryl/α,β-unsaturated/α-hetero) is 1. The fourth-order valence-corrected chi connectivity index (χ4v) is 5.16. The Hall–Kier alpha value is -2.40. The summed E-state index contributed by atoms with van der Waals surface area (Å²) >= 11 is 0. The molecular weight excluding hydrogens is 390 g/mol. The quantitative estimate of drug-likeness (QED) is 0.264. The highest BCUT2D eigenvalue weighted by Gasteiger charge is 2.35. The van der Waals surface area contributed by atoms with E-state index in [0.717, 1.165) is 49.7 Å². The monoisotopic (exact) mass is 429 g/mol. The molecule has 2 heteroatoms. The predicted octanol–water partition coefficient (Wildman–Crippen LogP) is 8.86. The Bertz CT molecular complexity index is 880. The van der Waals surface area contributed by atoms with Gasteiger partial charge in [-0.2, -0.15) is 5.26 Å². The van der Waals surface area contributed by atoms with Gasteiger partial charge in [-0.25, -0.2) is 0 Å². The zero-order valence-electron chi connectivity index (χ0n) is 20.0. The van der Waals surface area contributed by atoms with Gasteiger partial charge in [0.05, 0.1) is 11.5 Å². The van der Waals surface area contributed by atoms with Crippen LogP contribution in [0.15, 0.2) is 48.5 Å². The van der Waals surface area contributed by atoms with Crippen LogP contribution in [0.25, 0.3) is 11.1 Å². The minimum Gasteiger partial charge on any atom is -0.294 e. The minimum atomic E-state index is -0.0837. The van der Waals surface area contributed by atoms with Crippen molar-refractivity contribution < 1.29 is 4.79 Å². The van der Waals surface area contributed by atoms with Crippen LogP contribution in [0.3, 0.4) is 0 Å². The first-order valence-electron chi connectivity index (χ1n) is 12.8. The van der Waals surface area contributed by atoms with Crippen molar-refractivity contribution in [3.05, 3.63) is 59.7 Å². The van der Waals surface area contributed by atoms with Gasteiger partial charge in [0.2, 0.25) is 0 Å². The third kappa shape index (κ3) is 6.32. The van der Waals surface area contributed by atoms with E-state index in [4.69, 9.17) is 0 Å². The second-order valence-corrected chi connectivity index (χ2v) is 9.70. The summed E-state index contributed by atoms with van der Waals surface area (Å²) in [5.74, 6) is 0.792. The number of hydrogen-bond donors (Lipinski definition) is 0. The van der Waals surface area contributed by atoms with Crippen LogP contribution < -0.4 is 0 Å². The average molecular weight is 430 g/mol. The Labute approximate surface area is 195 Å². The molecule has 0 atom stereocenters. The molecule has 0 radical (unpaired) electrons. The van der Waals surface area contributed by atoms with Crippen LogP contribution in [-0.2, 0) is 0 Å². The van der Waals surface area contributed by atoms with Crippen LogP contribution in [0.1, 0.15) is 113 Å². The summed E-state index contributed by atoms with van der Waals surface area (Å²) in [7, 11) is 0. The van der Waals surface area contributed by atoms with Crippen molar-refractivity contribution in [3.63, 3.8) is 0 Å². The van der Waals surface area contributed by atoms with Crippen molar-refractivity contribution in [1.82, 2.24) is 0 Å². The molecule has 0 saturated heterocycles. The lowest BCUT2D eigenvalue weighted by Crippen LogP contribution is -2.25. The first kappa shape index (κ1) is 24.2. The van der Waals surface area contributed by atoms with Gasteiger partial charge in [-0.3, -0.25) is 4.79 Å². The van der Waals surface area contributed by atoms with Crippen LogP contribution in [-0.4, -0.2) is 5.78 Å². The number of carbonyl (C=O) groups is 1. The molecule has 2 aromatic carbocycles. The number of nitriles is 1. The van der Waals surface area contributed by atoms with Gasteiger partial charge < -0.3 is 0 Å². The number of rotatable bonds is 11. The fourth-order valence-electron chi connectivity index (χ4n) is 5.16. The second-order valence-electron chi connectivity index (χ2n) is 9.70. The maximum absolute atomic E-state index is 12.1. The van der Waals surface area contributed by atoms with Gasteiger partial charge in [0.25, 0.3) is 0 Å². The Morgan fingerprint density at radius 3 is 2.03 bits per heavy atom. The van der Waals surface area contributed by atoms with Gasteiger partial charge in [0.1, 0.15) is 0 Å². The SMILES string of the molecule is CCCCCCCC1(C#N)CCC(c2ccc(-c3ccc(C(=O)CCC)cc3)cc2)CC1. The molecule has 0 aromatic heterocycles. The molecule has 0 unspecified atom stereocenters. The molecule has 0 N–H and O–H groups in total. The maximum atomic E-state index is 12.1. The van der Waals surface area contributed by atoms with E-state index < -0.39 is 0 Å². The molecule has 1 aliphatic rings. The summed E-state index contributed by atoms with van der Waals surface area (Å²) in [6, 6.07) is 19.7. The number of carbonyl (C=O) groups excluding carboxylic acids is 1. The lowest BCUT2D eigenvalue weighted by molar-refractivity contribution is 0.0982. The van der Waals surface area contributed by atoms with E-state index in [1.807, 2.05) is 19.1 Å². The van der Waals surface area contributed by atoms with Crippen LogP contribution in [0.2, 0.25) is 0 Å². The Morgan fingerprint density at radius 2 is 1.47 bits per heavy atom. The second kappa shape index (κ2) is 12.0. The molecule has 0 spiro atoms. The van der Waals surface area contributed by atoms with Crippen LogP contribution in [0, 0.1) is 16.7 Å². The molecule has 2 nitrogen and oxygen atoms in total. The molecule has 0 heterocycles. The molecule has 1 aliphatic carbocycles. The number of unbranched alkanes of at least 4 members (excludes halogenated alkanes) is 4. The van der Waals surface area contributed by atoms with Crippen molar-refractivity contribution in [2.45, 2.75) is 96.8 Å². The third-order valence-electron chi connectivity index (χ3n) is 7.34. The highest BCUT2D eigenvalue weighted by Crippen LogP contribution is 2.45. The van der Waals surface area contributed by atoms with Crippen molar-refractivity contribution in [2.75, 3.05) is 0 Å². The van der Waals surface area contributed by atoms with E-state index in [1.165, 1.54) is 43.2 Å². The summed E-state index contributed by atoms with van der Waals surface area (Å²) in [5, 5.41) is 9.88. The van der Waals surface area contributed by atoms with Gasteiger partial charge in [-0.1, -0.05) is 94.5 Å². The van der Waals surface area contributed by atoms with Crippen LogP contribution in [0.4, 0.5) is 0 Å². The molecule has 1 fully saturated rings. The van der Waals surface area contributed by atoms with Crippen LogP contribution in [0.5, 0.6) is 0 Å². The number of hydrogen-bond acceptors (Lipinski definition) is 2. The molecule has 3 rings (SSSR count). The normalized spacial score (nSPS) is 20.6. The summed E-state index contributed by atoms with van der Waals surface area (Å²) < 4.78 is 0. The molecule has 0 aliphatic heterocycles. The zero-order chi connectivity index (χ0) is 22.8. The van der Waals surface area contributed by atoms with Crippen LogP contribution >= 0.6 is 0 Å². The zero-order valence-corrected chi connectivity index (χ0v) is 20.0. The molecule has 0 amide bonds. The number of ketones is 1. The summed E-state index contributed by atoms with van der Waals surface area (Å²) in [6.45, 7) is 4.28. The largest absolute Gasteiger partial charge is 0.294 e. The minimum absolute atomic E-state index is 0.0837. The standard InChI is InChI=1S/C30H39NO/c1-3-5-6-7-8-20-30(23-31)21-18-27(19-22-30)26-12-10-24(11-13-26)25-14-16-28(17-15-25)29(32)9-4-2/h10-17,27H,3-9,18-22H2,1-2H3. The van der Waals surface area contributed by atoms with Gasteiger partial charge in [0, 0.05) is 12.0 Å². The maximum Gasteiger partial charge on any atom is 0.162 e. The van der Waals surface area contributed by atoms with Gasteiger partial charge in [-0.15, -0.1) is 0 Å². The summed E-state index contributed by atoms with van der Waals surface area (Å²) in [6.07, 6.45) is 13.3. The predicted molar refractivity (Wildman–Crippen MR) is 134 cm³/mol. The highest BCUT2D eigenvalue weighted by atomic mass is 16.1. The first-order valence-corrected chi connectivity index (χ1v) is 12.8. The topological polar surface area (TPSA) is 40.9 Å². The molecule has 2 aromatic rings. The lowest BCUT2D eigenvalue weighted by Gasteiger charge is -2.35. The fraction of sp³-hybridized carbons (Fsp3) is 0.533. The van der Waals surface area contributed by atoms with Gasteiger partial charge in [-0.05, 0) is 61.1 Å². The van der Waals surface area contributed by atoms with Crippen molar-refractivity contribution in [2.24, 2.45) is 5.41 Å². The van der Waals surface area contributed by atoms with Gasteiger partial charge >= 0.3 is 0 Å². The Balaban J connectivity index is 1.55. The third-order valence-corrected chi connectivity index (χ3v) is 7.34. The first-order chi connectivity index (χ1) is 15.6. The van der Waals surface area contributed by atoms with E-state index in [9.17, 15) is 10.1 Å². The molecule has 32 heavy (non-hydrogen) atoms. The van der Waals surface area contributed by atoms with Crippen molar-refractivity contribution in [1.29, 1.82) is 5.26 Å². The molecule has 0 bridgehead atoms. The van der Waals surface area contributed by atoms with Crippen molar-refractivity contribution >= 4 is 5.78 Å². The van der Waals surface area contributed by atoms with E-state index in [0.29, 0.717) is 12.3 Å². The Kier molecular flexibility index (Phi) is 9.10. The molecule has 1 saturated carbocycles. The number of benzene rings is 2. The lowest BCUT2D eigenvalue weighted by atomic mass is 9.67. The summed E-state index contributed by atoms with van der Waals surface area (Å²) in [4.78, 5) is 12.1. The molecular formula is C30H39NO. The van der Waals surface area contributed by atoms with E-state index in [1.54, 1.807) is 0 Å². The highest BCUT2D eigenvalue weighted by molar-refractivity contribution is 5.96. The average Bonchev–Trinajstić information content (AvgIpc) is 2.85. The van der Waals surface area contributed by atoms with E-state index in [-0.39, 0.29) is 11.2 Å². The summed E-state index contributed by atoms with van der Waals surface area (Å²) in [5.41, 5.74) is 4.47. The van der Waals surface area contributed by atoms with E-state index in [2.05, 4.69) is 49.4 Å². The van der Waals surface area contributed by atoms with E-state index >= 15 is 0 Å². The molecule has 170 valence electrons.